The average molecular weight is 428 g/mol. The number of anilines is 1. The second-order valence-electron chi connectivity index (χ2n) is 7.81. The monoisotopic (exact) mass is 427 g/mol. The summed E-state index contributed by atoms with van der Waals surface area (Å²) in [7, 11) is 0. The molecule has 2 aromatic rings. The molecule has 0 unspecified atom stereocenters. The van der Waals surface area contributed by atoms with Crippen LogP contribution >= 0.6 is 23.6 Å². The minimum absolute atomic E-state index is 0.187. The lowest BCUT2D eigenvalue weighted by Crippen LogP contribution is -2.34. The van der Waals surface area contributed by atoms with Crippen molar-refractivity contribution >= 4 is 39.6 Å². The number of hydrogen-bond acceptors (Lipinski definition) is 5. The van der Waals surface area contributed by atoms with Crippen LogP contribution in [0.1, 0.15) is 53.6 Å². The van der Waals surface area contributed by atoms with Crippen molar-refractivity contribution in [2.45, 2.75) is 40.0 Å². The Morgan fingerprint density at radius 2 is 2.24 bits per heavy atom. The van der Waals surface area contributed by atoms with Crippen LogP contribution in [0.25, 0.3) is 0 Å². The van der Waals surface area contributed by atoms with E-state index in [0.717, 1.165) is 24.8 Å². The van der Waals surface area contributed by atoms with Gasteiger partial charge in [-0.05, 0) is 67.1 Å². The van der Waals surface area contributed by atoms with Crippen LogP contribution in [-0.2, 0) is 12.8 Å². The number of amides is 1. The van der Waals surface area contributed by atoms with Crippen molar-refractivity contribution in [1.29, 1.82) is 5.26 Å². The molecule has 1 amide bonds. The predicted octanol–water partition coefficient (Wildman–Crippen LogP) is 4.91. The zero-order valence-electron chi connectivity index (χ0n) is 16.9. The molecule has 1 atom stereocenters. The Hall–Kier alpha value is -2.43. The Kier molecular flexibility index (Phi) is 6.88. The molecular formula is C22H25N3O2S2. The van der Waals surface area contributed by atoms with Crippen molar-refractivity contribution in [1.82, 2.24) is 5.32 Å². The van der Waals surface area contributed by atoms with Crippen LogP contribution < -0.4 is 15.4 Å². The fraction of sp³-hybridized carbons (Fsp3) is 0.409. The van der Waals surface area contributed by atoms with E-state index in [2.05, 4.69) is 37.5 Å². The molecule has 1 aliphatic carbocycles. The molecule has 152 valence electrons. The van der Waals surface area contributed by atoms with Crippen LogP contribution in [0.5, 0.6) is 5.75 Å². The molecule has 0 aliphatic heterocycles. The number of nitriles is 1. The molecule has 3 rings (SSSR count). The van der Waals surface area contributed by atoms with E-state index >= 15 is 0 Å². The maximum atomic E-state index is 12.6. The Morgan fingerprint density at radius 3 is 2.97 bits per heavy atom. The Balaban J connectivity index is 1.66. The van der Waals surface area contributed by atoms with Gasteiger partial charge in [-0.15, -0.1) is 11.3 Å². The molecule has 29 heavy (non-hydrogen) atoms. The lowest BCUT2D eigenvalue weighted by molar-refractivity contribution is 0.0977. The normalized spacial score (nSPS) is 15.3. The summed E-state index contributed by atoms with van der Waals surface area (Å²) >= 11 is 6.89. The van der Waals surface area contributed by atoms with Gasteiger partial charge in [-0.1, -0.05) is 26.8 Å². The first-order valence-corrected chi connectivity index (χ1v) is 11.0. The zero-order chi connectivity index (χ0) is 21.0. The van der Waals surface area contributed by atoms with Gasteiger partial charge in [0.1, 0.15) is 16.8 Å². The van der Waals surface area contributed by atoms with Crippen molar-refractivity contribution in [3.8, 4) is 11.8 Å². The van der Waals surface area contributed by atoms with Crippen LogP contribution in [0.15, 0.2) is 24.3 Å². The molecule has 1 aromatic carbocycles. The molecule has 0 saturated carbocycles. The summed E-state index contributed by atoms with van der Waals surface area (Å²) < 4.78 is 5.68. The van der Waals surface area contributed by atoms with Gasteiger partial charge in [0.15, 0.2) is 5.11 Å². The maximum Gasteiger partial charge on any atom is 0.257 e. The Labute approximate surface area is 181 Å². The van der Waals surface area contributed by atoms with Gasteiger partial charge in [0, 0.05) is 10.4 Å². The Bertz CT molecular complexity index is 959. The molecule has 1 heterocycles. The number of ether oxygens (including phenoxy) is 1. The lowest BCUT2D eigenvalue weighted by atomic mass is 9.89. The van der Waals surface area contributed by atoms with Gasteiger partial charge < -0.3 is 10.1 Å². The number of carbonyl (C=O) groups excluding carboxylic acids is 1. The lowest BCUT2D eigenvalue weighted by Gasteiger charge is -2.17. The van der Waals surface area contributed by atoms with Gasteiger partial charge in [0.25, 0.3) is 5.91 Å². The van der Waals surface area contributed by atoms with Crippen LogP contribution in [0.2, 0.25) is 0 Å². The fourth-order valence-electron chi connectivity index (χ4n) is 3.26. The van der Waals surface area contributed by atoms with Crippen LogP contribution in [-0.4, -0.2) is 17.6 Å². The summed E-state index contributed by atoms with van der Waals surface area (Å²) in [5, 5.41) is 16.2. The van der Waals surface area contributed by atoms with Crippen molar-refractivity contribution in [2.24, 2.45) is 11.8 Å². The van der Waals surface area contributed by atoms with Crippen molar-refractivity contribution < 1.29 is 9.53 Å². The molecule has 0 bridgehead atoms. The predicted molar refractivity (Wildman–Crippen MR) is 121 cm³/mol. The number of carbonyl (C=O) groups is 1. The highest BCUT2D eigenvalue weighted by molar-refractivity contribution is 7.80. The number of benzene rings is 1. The highest BCUT2D eigenvalue weighted by Gasteiger charge is 2.24. The topological polar surface area (TPSA) is 74.2 Å². The molecule has 0 radical (unpaired) electrons. The van der Waals surface area contributed by atoms with Gasteiger partial charge in [-0.25, -0.2) is 0 Å². The first-order chi connectivity index (χ1) is 13.9. The van der Waals surface area contributed by atoms with E-state index < -0.39 is 0 Å². The summed E-state index contributed by atoms with van der Waals surface area (Å²) in [6.07, 6.45) is 2.99. The number of nitrogens with one attached hydrogen (secondary N) is 2. The SMILES string of the molecule is CC(C)COc1cccc(C(=O)NC(=S)Nc2sc3c(c2C#N)CC[C@@H](C)C3)c1. The second-order valence-corrected chi connectivity index (χ2v) is 9.32. The molecule has 1 aromatic heterocycles. The first-order valence-electron chi connectivity index (χ1n) is 9.77. The van der Waals surface area contributed by atoms with E-state index in [9.17, 15) is 10.1 Å². The van der Waals surface area contributed by atoms with E-state index in [4.69, 9.17) is 17.0 Å². The van der Waals surface area contributed by atoms with Gasteiger partial charge in [-0.3, -0.25) is 10.1 Å². The minimum atomic E-state index is -0.314. The molecule has 0 fully saturated rings. The molecular weight excluding hydrogens is 402 g/mol. The third kappa shape index (κ3) is 5.34. The van der Waals surface area contributed by atoms with Crippen LogP contribution in [0.3, 0.4) is 0 Å². The summed E-state index contributed by atoms with van der Waals surface area (Å²) in [6, 6.07) is 9.32. The largest absolute Gasteiger partial charge is 0.493 e. The van der Waals surface area contributed by atoms with Crippen LogP contribution in [0.4, 0.5) is 5.00 Å². The van der Waals surface area contributed by atoms with E-state index in [1.54, 1.807) is 29.5 Å². The van der Waals surface area contributed by atoms with Gasteiger partial charge >= 0.3 is 0 Å². The number of thiophene rings is 1. The Morgan fingerprint density at radius 1 is 1.45 bits per heavy atom. The molecule has 1 aliphatic rings. The number of hydrogen-bond donors (Lipinski definition) is 2. The third-order valence-corrected chi connectivity index (χ3v) is 6.13. The fourth-order valence-corrected chi connectivity index (χ4v) is 4.88. The minimum Gasteiger partial charge on any atom is -0.493 e. The van der Waals surface area contributed by atoms with Crippen molar-refractivity contribution in [2.75, 3.05) is 11.9 Å². The van der Waals surface area contributed by atoms with Gasteiger partial charge in [0.05, 0.1) is 12.2 Å². The average Bonchev–Trinajstić information content (AvgIpc) is 3.02. The first kappa shape index (κ1) is 21.3. The van der Waals surface area contributed by atoms with Crippen LogP contribution in [0, 0.1) is 23.2 Å². The smallest absolute Gasteiger partial charge is 0.257 e. The maximum absolute atomic E-state index is 12.6. The van der Waals surface area contributed by atoms with Crippen molar-refractivity contribution in [3.63, 3.8) is 0 Å². The second kappa shape index (κ2) is 9.38. The summed E-state index contributed by atoms with van der Waals surface area (Å²) in [6.45, 7) is 6.95. The van der Waals surface area contributed by atoms with Gasteiger partial charge in [-0.2, -0.15) is 5.26 Å². The number of nitrogens with zero attached hydrogens (tertiary/aromatic N) is 1. The summed E-state index contributed by atoms with van der Waals surface area (Å²) in [4.78, 5) is 13.8. The van der Waals surface area contributed by atoms with Crippen molar-refractivity contribution in [3.05, 3.63) is 45.8 Å². The highest BCUT2D eigenvalue weighted by atomic mass is 32.1. The number of thiocarbonyl (C=S) groups is 1. The molecule has 0 saturated heterocycles. The number of rotatable bonds is 5. The quantitative estimate of drug-likeness (QED) is 0.664. The van der Waals surface area contributed by atoms with E-state index in [0.29, 0.717) is 40.3 Å². The zero-order valence-corrected chi connectivity index (χ0v) is 18.5. The van der Waals surface area contributed by atoms with Gasteiger partial charge in [0.2, 0.25) is 0 Å². The van der Waals surface area contributed by atoms with E-state index in [1.165, 1.54) is 4.88 Å². The van der Waals surface area contributed by atoms with E-state index in [-0.39, 0.29) is 11.0 Å². The third-order valence-electron chi connectivity index (χ3n) is 4.76. The van der Waals surface area contributed by atoms with E-state index in [1.807, 2.05) is 6.07 Å². The molecule has 0 spiro atoms. The highest BCUT2D eigenvalue weighted by Crippen LogP contribution is 2.39. The standard InChI is InChI=1S/C22H25N3O2S2/c1-13(2)12-27-16-6-4-5-15(10-16)20(26)24-22(28)25-21-18(11-23)17-8-7-14(3)9-19(17)29-21/h4-6,10,13-14H,7-9,12H2,1-3H3,(H2,24,25,26,28)/t14-/m1/s1. The summed E-state index contributed by atoms with van der Waals surface area (Å²) in [5.74, 6) is 1.36. The number of fused-ring (bicyclic) bond motifs is 1. The molecule has 5 nitrogen and oxygen atoms in total. The molecule has 7 heteroatoms. The molecule has 2 N–H and O–H groups in total. The summed E-state index contributed by atoms with van der Waals surface area (Å²) in [5.41, 5.74) is 2.25.